The molecular weight excluding hydrogens is 264 g/mol. The first-order chi connectivity index (χ1) is 9.15. The van der Waals surface area contributed by atoms with Crippen LogP contribution in [-0.2, 0) is 6.54 Å². The number of aromatic nitrogens is 3. The highest BCUT2D eigenvalue weighted by atomic mass is 32.2. The van der Waals surface area contributed by atoms with E-state index >= 15 is 0 Å². The third kappa shape index (κ3) is 3.10. The van der Waals surface area contributed by atoms with Crippen molar-refractivity contribution in [1.29, 1.82) is 0 Å². The largest absolute Gasteiger partial charge is 0.465 e. The number of aromatic amines is 1. The highest BCUT2D eigenvalue weighted by Gasteiger charge is 2.19. The quantitative estimate of drug-likeness (QED) is 0.787. The molecule has 1 atom stereocenters. The maximum absolute atomic E-state index is 11.6. The lowest BCUT2D eigenvalue weighted by molar-refractivity contribution is 0.480. The zero-order chi connectivity index (χ0) is 13.8. The number of furan rings is 1. The monoisotopic (exact) mass is 282 g/mol. The van der Waals surface area contributed by atoms with E-state index in [-0.39, 0.29) is 10.9 Å². The van der Waals surface area contributed by atoms with Crippen molar-refractivity contribution in [3.05, 3.63) is 34.1 Å². The van der Waals surface area contributed by atoms with E-state index in [1.165, 1.54) is 11.8 Å². The summed E-state index contributed by atoms with van der Waals surface area (Å²) in [6, 6.07) is 3.82. The first-order valence-electron chi connectivity index (χ1n) is 6.24. The fourth-order valence-corrected chi connectivity index (χ4v) is 2.78. The van der Waals surface area contributed by atoms with E-state index in [0.29, 0.717) is 18.2 Å². The number of hydrogen-bond acceptors (Lipinski definition) is 5. The molecule has 0 saturated carbocycles. The number of nitrogens with zero attached hydrogens (tertiary/aromatic N) is 2. The van der Waals surface area contributed by atoms with Crippen molar-refractivity contribution in [2.24, 2.45) is 5.73 Å². The van der Waals surface area contributed by atoms with Gasteiger partial charge in [0.25, 0.3) is 0 Å². The van der Waals surface area contributed by atoms with E-state index in [1.807, 2.05) is 26.0 Å². The van der Waals surface area contributed by atoms with Crippen LogP contribution in [0.15, 0.2) is 26.5 Å². The summed E-state index contributed by atoms with van der Waals surface area (Å²) in [5, 5.41) is 7.13. The Labute approximate surface area is 115 Å². The van der Waals surface area contributed by atoms with Crippen LogP contribution < -0.4 is 11.4 Å². The van der Waals surface area contributed by atoms with Gasteiger partial charge in [0.1, 0.15) is 11.5 Å². The van der Waals surface area contributed by atoms with Crippen LogP contribution in [0.25, 0.3) is 0 Å². The van der Waals surface area contributed by atoms with E-state index in [2.05, 4.69) is 10.2 Å². The highest BCUT2D eigenvalue weighted by molar-refractivity contribution is 7.99. The van der Waals surface area contributed by atoms with Gasteiger partial charge in [-0.3, -0.25) is 4.57 Å². The first-order valence-corrected chi connectivity index (χ1v) is 7.12. The molecule has 0 aromatic carbocycles. The molecule has 0 aliphatic carbocycles. The Hall–Kier alpha value is -1.47. The lowest BCUT2D eigenvalue weighted by atomic mass is 10.3. The van der Waals surface area contributed by atoms with Gasteiger partial charge in [-0.1, -0.05) is 18.7 Å². The van der Waals surface area contributed by atoms with E-state index in [4.69, 9.17) is 10.2 Å². The Balaban J connectivity index is 2.21. The second-order valence-corrected chi connectivity index (χ2v) is 5.42. The maximum Gasteiger partial charge on any atom is 0.343 e. The fraction of sp³-hybridized carbons (Fsp3) is 0.500. The standard InChI is InChI=1S/C12H18N4O2S/c1-3-6-16-11(17)14-15-12(16)19-10(7-13)9-5-4-8(2)18-9/h4-5,10H,3,6-7,13H2,1-2H3,(H,14,17). The predicted molar refractivity (Wildman–Crippen MR) is 74.2 cm³/mol. The van der Waals surface area contributed by atoms with E-state index in [0.717, 1.165) is 17.9 Å². The topological polar surface area (TPSA) is 89.8 Å². The van der Waals surface area contributed by atoms with Gasteiger partial charge in [-0.15, -0.1) is 5.10 Å². The molecule has 2 heterocycles. The zero-order valence-electron chi connectivity index (χ0n) is 11.0. The lowest BCUT2D eigenvalue weighted by Crippen LogP contribution is -2.18. The third-order valence-corrected chi connectivity index (χ3v) is 3.94. The molecule has 0 bridgehead atoms. The van der Waals surface area contributed by atoms with Crippen LogP contribution in [0, 0.1) is 6.92 Å². The van der Waals surface area contributed by atoms with Crippen LogP contribution in [0.1, 0.15) is 30.1 Å². The molecule has 0 radical (unpaired) electrons. The van der Waals surface area contributed by atoms with Gasteiger partial charge < -0.3 is 10.2 Å². The molecule has 0 amide bonds. The van der Waals surface area contributed by atoms with Crippen molar-refractivity contribution in [1.82, 2.24) is 14.8 Å². The summed E-state index contributed by atoms with van der Waals surface area (Å²) in [6.07, 6.45) is 0.875. The average Bonchev–Trinajstić information content (AvgIpc) is 2.96. The van der Waals surface area contributed by atoms with Crippen LogP contribution in [0.2, 0.25) is 0 Å². The predicted octanol–water partition coefficient (Wildman–Crippen LogP) is 1.67. The summed E-state index contributed by atoms with van der Waals surface area (Å²) >= 11 is 1.44. The van der Waals surface area contributed by atoms with Gasteiger partial charge in [-0.05, 0) is 25.5 Å². The molecular formula is C12H18N4O2S. The Morgan fingerprint density at radius 1 is 1.58 bits per heavy atom. The number of thioether (sulfide) groups is 1. The van der Waals surface area contributed by atoms with Gasteiger partial charge in [0.05, 0.1) is 5.25 Å². The highest BCUT2D eigenvalue weighted by Crippen LogP contribution is 2.33. The lowest BCUT2D eigenvalue weighted by Gasteiger charge is -2.11. The summed E-state index contributed by atoms with van der Waals surface area (Å²) in [6.45, 7) is 4.98. The average molecular weight is 282 g/mol. The Morgan fingerprint density at radius 2 is 2.37 bits per heavy atom. The molecule has 6 nitrogen and oxygen atoms in total. The molecule has 104 valence electrons. The maximum atomic E-state index is 11.6. The van der Waals surface area contributed by atoms with Crippen molar-refractivity contribution in [2.45, 2.75) is 37.2 Å². The minimum atomic E-state index is -0.184. The zero-order valence-corrected chi connectivity index (χ0v) is 11.9. The van der Waals surface area contributed by atoms with Crippen LogP contribution in [0.3, 0.4) is 0 Å². The summed E-state index contributed by atoms with van der Waals surface area (Å²) in [5.41, 5.74) is 5.60. The summed E-state index contributed by atoms with van der Waals surface area (Å²) < 4.78 is 7.22. The van der Waals surface area contributed by atoms with Gasteiger partial charge in [0.15, 0.2) is 5.16 Å². The van der Waals surface area contributed by atoms with Gasteiger partial charge >= 0.3 is 5.69 Å². The van der Waals surface area contributed by atoms with Crippen LogP contribution in [0.4, 0.5) is 0 Å². The third-order valence-electron chi connectivity index (χ3n) is 2.71. The minimum Gasteiger partial charge on any atom is -0.465 e. The van der Waals surface area contributed by atoms with Crippen LogP contribution >= 0.6 is 11.8 Å². The second kappa shape index (κ2) is 6.12. The smallest absolute Gasteiger partial charge is 0.343 e. The van der Waals surface area contributed by atoms with Gasteiger partial charge in [0, 0.05) is 13.1 Å². The van der Waals surface area contributed by atoms with Crippen molar-refractivity contribution >= 4 is 11.8 Å². The molecule has 2 rings (SSSR count). The summed E-state index contributed by atoms with van der Waals surface area (Å²) in [7, 11) is 0. The first kappa shape index (κ1) is 14.0. The molecule has 3 N–H and O–H groups in total. The number of rotatable bonds is 6. The normalized spacial score (nSPS) is 12.8. The molecule has 0 fully saturated rings. The molecule has 0 aliphatic rings. The Morgan fingerprint density at radius 3 is 2.95 bits per heavy atom. The number of nitrogens with one attached hydrogen (secondary N) is 1. The SMILES string of the molecule is CCCn1c(SC(CN)c2ccc(C)o2)n[nH]c1=O. The van der Waals surface area contributed by atoms with Crippen molar-refractivity contribution in [3.63, 3.8) is 0 Å². The molecule has 19 heavy (non-hydrogen) atoms. The number of hydrogen-bond donors (Lipinski definition) is 2. The van der Waals surface area contributed by atoms with Crippen molar-refractivity contribution < 1.29 is 4.42 Å². The Bertz CT molecular complexity index is 587. The molecule has 0 saturated heterocycles. The molecule has 2 aromatic rings. The van der Waals surface area contributed by atoms with Crippen molar-refractivity contribution in [2.75, 3.05) is 6.54 Å². The molecule has 1 unspecified atom stereocenters. The van der Waals surface area contributed by atoms with E-state index in [9.17, 15) is 4.79 Å². The van der Waals surface area contributed by atoms with Crippen LogP contribution in [-0.4, -0.2) is 21.3 Å². The molecule has 0 aliphatic heterocycles. The van der Waals surface area contributed by atoms with Gasteiger partial charge in [0.2, 0.25) is 0 Å². The fourth-order valence-electron chi connectivity index (χ4n) is 1.79. The summed E-state index contributed by atoms with van der Waals surface area (Å²) in [4.78, 5) is 11.6. The van der Waals surface area contributed by atoms with Crippen molar-refractivity contribution in [3.8, 4) is 0 Å². The van der Waals surface area contributed by atoms with E-state index in [1.54, 1.807) is 4.57 Å². The number of aryl methyl sites for hydroxylation is 1. The molecule has 7 heteroatoms. The second-order valence-electron chi connectivity index (χ2n) is 4.25. The van der Waals surface area contributed by atoms with E-state index < -0.39 is 0 Å². The minimum absolute atomic E-state index is 0.0421. The van der Waals surface area contributed by atoms with Gasteiger partial charge in [-0.25, -0.2) is 9.89 Å². The Kier molecular flexibility index (Phi) is 4.49. The number of H-pyrrole nitrogens is 1. The van der Waals surface area contributed by atoms with Crippen LogP contribution in [0.5, 0.6) is 0 Å². The molecule has 2 aromatic heterocycles. The van der Waals surface area contributed by atoms with Gasteiger partial charge in [-0.2, -0.15) is 0 Å². The molecule has 0 spiro atoms. The summed E-state index contributed by atoms with van der Waals surface area (Å²) in [5.74, 6) is 1.66. The number of nitrogens with two attached hydrogens (primary N) is 1.